The number of hydrogen-bond acceptors (Lipinski definition) is 4. The predicted octanol–water partition coefficient (Wildman–Crippen LogP) is 4.51. The summed E-state index contributed by atoms with van der Waals surface area (Å²) >= 11 is 0. The summed E-state index contributed by atoms with van der Waals surface area (Å²) in [6, 6.07) is 24.7. The van der Waals surface area contributed by atoms with Gasteiger partial charge in [0.1, 0.15) is 5.84 Å². The average Bonchev–Trinajstić information content (AvgIpc) is 3.39. The number of benzene rings is 3. The van der Waals surface area contributed by atoms with Crippen molar-refractivity contribution in [3.63, 3.8) is 0 Å². The minimum Gasteiger partial charge on any atom is -0.399 e. The van der Waals surface area contributed by atoms with Gasteiger partial charge in [-0.3, -0.25) is 4.99 Å². The monoisotopic (exact) mass is 367 g/mol. The van der Waals surface area contributed by atoms with Crippen molar-refractivity contribution in [3.8, 4) is 11.3 Å². The molecule has 1 aliphatic rings. The number of aromatic nitrogens is 1. The predicted molar refractivity (Wildman–Crippen MR) is 117 cm³/mol. The number of rotatable bonds is 4. The molecule has 28 heavy (non-hydrogen) atoms. The SMILES string of the molecule is Nc1ccc(Nc2ccc(-c3cc4ccc(C5=NCCN5)cc4[nH]3)cc2)cc1. The summed E-state index contributed by atoms with van der Waals surface area (Å²) in [6.45, 7) is 1.76. The van der Waals surface area contributed by atoms with E-state index >= 15 is 0 Å². The van der Waals surface area contributed by atoms with Crippen LogP contribution in [-0.2, 0) is 0 Å². The highest BCUT2D eigenvalue weighted by Gasteiger charge is 2.10. The normalized spacial score (nSPS) is 13.4. The Balaban J connectivity index is 1.39. The molecule has 0 aliphatic carbocycles. The number of nitrogens with two attached hydrogens (primary N) is 1. The Kier molecular flexibility index (Phi) is 3.98. The van der Waals surface area contributed by atoms with Gasteiger partial charge in [0.25, 0.3) is 0 Å². The van der Waals surface area contributed by atoms with Crippen LogP contribution in [0.1, 0.15) is 5.56 Å². The van der Waals surface area contributed by atoms with Crippen LogP contribution in [0.4, 0.5) is 17.1 Å². The molecule has 0 bridgehead atoms. The summed E-state index contributed by atoms with van der Waals surface area (Å²) in [4.78, 5) is 8.04. The van der Waals surface area contributed by atoms with Gasteiger partial charge in [-0.1, -0.05) is 24.3 Å². The number of nitrogen functional groups attached to an aromatic ring is 1. The van der Waals surface area contributed by atoms with Crippen molar-refractivity contribution in [1.29, 1.82) is 0 Å². The van der Waals surface area contributed by atoms with E-state index < -0.39 is 0 Å². The number of anilines is 3. The summed E-state index contributed by atoms with van der Waals surface area (Å²) < 4.78 is 0. The van der Waals surface area contributed by atoms with Gasteiger partial charge in [-0.2, -0.15) is 0 Å². The van der Waals surface area contributed by atoms with Crippen molar-refractivity contribution in [2.75, 3.05) is 24.1 Å². The maximum absolute atomic E-state index is 5.74. The third-order valence-electron chi connectivity index (χ3n) is 4.97. The second kappa shape index (κ2) is 6.78. The van der Waals surface area contributed by atoms with E-state index in [0.29, 0.717) is 0 Å². The highest BCUT2D eigenvalue weighted by atomic mass is 15.1. The van der Waals surface area contributed by atoms with E-state index in [2.05, 4.69) is 69.1 Å². The zero-order valence-electron chi connectivity index (χ0n) is 15.4. The molecule has 0 saturated heterocycles. The van der Waals surface area contributed by atoms with Crippen molar-refractivity contribution in [1.82, 2.24) is 10.3 Å². The second-order valence-corrected chi connectivity index (χ2v) is 6.97. The molecule has 1 aliphatic heterocycles. The van der Waals surface area contributed by atoms with Crippen LogP contribution in [0.25, 0.3) is 22.2 Å². The van der Waals surface area contributed by atoms with Gasteiger partial charge in [-0.15, -0.1) is 0 Å². The summed E-state index contributed by atoms with van der Waals surface area (Å²) in [5.74, 6) is 0.983. The fourth-order valence-corrected chi connectivity index (χ4v) is 3.49. The molecule has 3 aromatic carbocycles. The molecule has 5 rings (SSSR count). The number of hydrogen-bond donors (Lipinski definition) is 4. The van der Waals surface area contributed by atoms with Crippen LogP contribution in [0, 0.1) is 0 Å². The van der Waals surface area contributed by atoms with Crippen molar-refractivity contribution < 1.29 is 0 Å². The molecule has 5 heteroatoms. The maximum Gasteiger partial charge on any atom is 0.128 e. The average molecular weight is 367 g/mol. The molecular formula is C23H21N5. The highest BCUT2D eigenvalue weighted by Crippen LogP contribution is 2.27. The van der Waals surface area contributed by atoms with Gasteiger partial charge in [0.05, 0.1) is 6.54 Å². The standard InChI is InChI=1S/C23H21N5/c24-18-5-9-20(10-6-18)27-19-7-3-15(4-8-19)21-13-16-1-2-17(14-22(16)28-21)23-25-11-12-26-23/h1-10,13-14,27-28H,11-12,24H2,(H,25,26). The Bertz CT molecular complexity index is 1150. The molecule has 4 aromatic rings. The lowest BCUT2D eigenvalue weighted by Crippen LogP contribution is -2.19. The number of H-pyrrole nitrogens is 1. The van der Waals surface area contributed by atoms with Crippen LogP contribution < -0.4 is 16.4 Å². The van der Waals surface area contributed by atoms with Gasteiger partial charge in [0.2, 0.25) is 0 Å². The Morgan fingerprint density at radius 2 is 1.54 bits per heavy atom. The molecule has 2 heterocycles. The van der Waals surface area contributed by atoms with Crippen LogP contribution in [0.3, 0.4) is 0 Å². The first-order chi connectivity index (χ1) is 13.7. The first-order valence-corrected chi connectivity index (χ1v) is 9.39. The molecule has 1 aromatic heterocycles. The Hall–Kier alpha value is -3.73. The molecule has 5 nitrogen and oxygen atoms in total. The largest absolute Gasteiger partial charge is 0.399 e. The van der Waals surface area contributed by atoms with Crippen LogP contribution in [0.5, 0.6) is 0 Å². The lowest BCUT2D eigenvalue weighted by molar-refractivity contribution is 0.960. The lowest BCUT2D eigenvalue weighted by Gasteiger charge is -2.07. The minimum absolute atomic E-state index is 0.763. The molecule has 0 amide bonds. The van der Waals surface area contributed by atoms with Crippen LogP contribution >= 0.6 is 0 Å². The molecule has 5 N–H and O–H groups in total. The number of aliphatic imine (C=N–C) groups is 1. The summed E-state index contributed by atoms with van der Waals surface area (Å²) in [6.07, 6.45) is 0. The topological polar surface area (TPSA) is 78.2 Å². The first-order valence-electron chi connectivity index (χ1n) is 9.39. The fraction of sp³-hybridized carbons (Fsp3) is 0.0870. The second-order valence-electron chi connectivity index (χ2n) is 6.97. The van der Waals surface area contributed by atoms with Gasteiger partial charge in [0.15, 0.2) is 0 Å². The third kappa shape index (κ3) is 3.18. The van der Waals surface area contributed by atoms with E-state index in [0.717, 1.165) is 58.3 Å². The molecule has 138 valence electrons. The Labute approximate surface area is 163 Å². The fourth-order valence-electron chi connectivity index (χ4n) is 3.49. The number of nitrogens with zero attached hydrogens (tertiary/aromatic N) is 1. The van der Waals surface area contributed by atoms with E-state index in [-0.39, 0.29) is 0 Å². The zero-order valence-corrected chi connectivity index (χ0v) is 15.4. The minimum atomic E-state index is 0.763. The van der Waals surface area contributed by atoms with Gasteiger partial charge in [-0.25, -0.2) is 0 Å². The number of nitrogens with one attached hydrogen (secondary N) is 3. The molecular weight excluding hydrogens is 346 g/mol. The smallest absolute Gasteiger partial charge is 0.128 e. The maximum atomic E-state index is 5.74. The Morgan fingerprint density at radius 1 is 0.821 bits per heavy atom. The summed E-state index contributed by atoms with van der Waals surface area (Å²) in [5, 5.41) is 7.91. The quantitative estimate of drug-likeness (QED) is 0.401. The third-order valence-corrected chi connectivity index (χ3v) is 4.97. The van der Waals surface area contributed by atoms with E-state index in [1.807, 2.05) is 24.3 Å². The molecule has 0 atom stereocenters. The lowest BCUT2D eigenvalue weighted by atomic mass is 10.1. The van der Waals surface area contributed by atoms with Gasteiger partial charge in [0, 0.05) is 45.8 Å². The van der Waals surface area contributed by atoms with E-state index in [9.17, 15) is 0 Å². The van der Waals surface area contributed by atoms with Crippen molar-refractivity contribution in [3.05, 3.63) is 78.4 Å². The van der Waals surface area contributed by atoms with Gasteiger partial charge < -0.3 is 21.4 Å². The van der Waals surface area contributed by atoms with Crippen LogP contribution in [-0.4, -0.2) is 23.9 Å². The molecule has 0 radical (unpaired) electrons. The van der Waals surface area contributed by atoms with Gasteiger partial charge in [-0.05, 0) is 54.1 Å². The van der Waals surface area contributed by atoms with Crippen LogP contribution in [0.2, 0.25) is 0 Å². The summed E-state index contributed by atoms with van der Waals surface area (Å²) in [7, 11) is 0. The van der Waals surface area contributed by atoms with E-state index in [1.54, 1.807) is 0 Å². The highest BCUT2D eigenvalue weighted by molar-refractivity contribution is 6.02. The van der Waals surface area contributed by atoms with Gasteiger partial charge >= 0.3 is 0 Å². The summed E-state index contributed by atoms with van der Waals surface area (Å²) in [5.41, 5.74) is 13.1. The molecule has 0 unspecified atom stereocenters. The zero-order chi connectivity index (χ0) is 18.9. The number of fused-ring (bicyclic) bond motifs is 1. The molecule has 0 saturated carbocycles. The van der Waals surface area contributed by atoms with E-state index in [4.69, 9.17) is 5.73 Å². The van der Waals surface area contributed by atoms with Crippen molar-refractivity contribution >= 4 is 33.8 Å². The molecule has 0 spiro atoms. The van der Waals surface area contributed by atoms with E-state index in [1.165, 1.54) is 5.39 Å². The van der Waals surface area contributed by atoms with Crippen molar-refractivity contribution in [2.45, 2.75) is 0 Å². The number of amidine groups is 1. The van der Waals surface area contributed by atoms with Crippen LogP contribution in [0.15, 0.2) is 77.8 Å². The first kappa shape index (κ1) is 16.4. The number of aromatic amines is 1. The van der Waals surface area contributed by atoms with Crippen molar-refractivity contribution in [2.24, 2.45) is 4.99 Å². The Morgan fingerprint density at radius 3 is 2.25 bits per heavy atom. The molecule has 0 fully saturated rings.